The number of carbonyl (C=O) groups is 1. The number of rotatable bonds is 3. The number of aromatic nitrogens is 2. The van der Waals surface area contributed by atoms with Gasteiger partial charge < -0.3 is 5.32 Å². The number of nitrogens with zero attached hydrogens (tertiary/aromatic N) is 2. The number of nitrogens with one attached hydrogen (secondary N) is 2. The van der Waals surface area contributed by atoms with Gasteiger partial charge in [-0.15, -0.1) is 10.2 Å². The monoisotopic (exact) mass is 348 g/mol. The fourth-order valence-corrected chi connectivity index (χ4v) is 2.80. The molecule has 0 spiro atoms. The Kier molecular flexibility index (Phi) is 4.50. The predicted molar refractivity (Wildman–Crippen MR) is 89.4 cm³/mol. The van der Waals surface area contributed by atoms with Crippen molar-refractivity contribution < 1.29 is 9.18 Å². The second-order valence-corrected chi connectivity index (χ2v) is 5.90. The Morgan fingerprint density at radius 2 is 1.91 bits per heavy atom. The van der Waals surface area contributed by atoms with Crippen LogP contribution in [0.25, 0.3) is 10.6 Å². The summed E-state index contributed by atoms with van der Waals surface area (Å²) in [6, 6.07) is 12.5. The lowest BCUT2D eigenvalue weighted by Crippen LogP contribution is -2.19. The Morgan fingerprint density at radius 1 is 1.09 bits per heavy atom. The summed E-state index contributed by atoms with van der Waals surface area (Å²) >= 11 is 6.93. The lowest BCUT2D eigenvalue weighted by Gasteiger charge is -2.04. The highest BCUT2D eigenvalue weighted by molar-refractivity contribution is 7.18. The largest absolute Gasteiger partial charge is 0.325 e. The minimum atomic E-state index is -0.483. The van der Waals surface area contributed by atoms with Crippen molar-refractivity contribution in [2.24, 2.45) is 0 Å². The smallest absolute Gasteiger partial charge is 0.308 e. The fourth-order valence-electron chi connectivity index (χ4n) is 1.84. The molecule has 0 bridgehead atoms. The molecule has 0 aliphatic rings. The van der Waals surface area contributed by atoms with E-state index >= 15 is 0 Å². The summed E-state index contributed by atoms with van der Waals surface area (Å²) in [6.45, 7) is 0. The van der Waals surface area contributed by atoms with E-state index in [9.17, 15) is 9.18 Å². The number of hydrogen-bond acceptors (Lipinski definition) is 4. The zero-order valence-corrected chi connectivity index (χ0v) is 13.2. The molecule has 23 heavy (non-hydrogen) atoms. The van der Waals surface area contributed by atoms with E-state index in [0.29, 0.717) is 21.3 Å². The first-order valence-electron chi connectivity index (χ1n) is 6.54. The van der Waals surface area contributed by atoms with Crippen LogP contribution in [-0.4, -0.2) is 16.2 Å². The molecule has 116 valence electrons. The molecule has 1 heterocycles. The average Bonchev–Trinajstić information content (AvgIpc) is 2.95. The van der Waals surface area contributed by atoms with Crippen LogP contribution in [0.5, 0.6) is 0 Å². The van der Waals surface area contributed by atoms with E-state index in [1.165, 1.54) is 6.07 Å². The minimum absolute atomic E-state index is 0.266. The molecule has 0 atom stereocenters. The third-order valence-corrected chi connectivity index (χ3v) is 3.94. The van der Waals surface area contributed by atoms with Gasteiger partial charge in [-0.25, -0.2) is 9.18 Å². The summed E-state index contributed by atoms with van der Waals surface area (Å²) in [5.41, 5.74) is 0.891. The van der Waals surface area contributed by atoms with E-state index in [4.69, 9.17) is 11.6 Å². The molecule has 3 rings (SSSR count). The highest BCUT2D eigenvalue weighted by Gasteiger charge is 2.12. The second-order valence-electron chi connectivity index (χ2n) is 4.48. The number of halogens is 2. The molecule has 0 unspecified atom stereocenters. The van der Waals surface area contributed by atoms with Crippen LogP contribution in [0.15, 0.2) is 48.5 Å². The number of carbonyl (C=O) groups excluding carboxylic acids is 1. The maximum Gasteiger partial charge on any atom is 0.325 e. The summed E-state index contributed by atoms with van der Waals surface area (Å²) < 4.78 is 13.7. The highest BCUT2D eigenvalue weighted by Crippen LogP contribution is 2.28. The molecular formula is C15H10ClFN4OS. The Hall–Kier alpha value is -2.51. The van der Waals surface area contributed by atoms with Crippen molar-refractivity contribution >= 4 is 39.8 Å². The van der Waals surface area contributed by atoms with Crippen molar-refractivity contribution in [1.29, 1.82) is 0 Å². The van der Waals surface area contributed by atoms with Crippen LogP contribution in [0.4, 0.5) is 20.0 Å². The molecule has 2 amide bonds. The van der Waals surface area contributed by atoms with Crippen LogP contribution >= 0.6 is 22.9 Å². The molecule has 1 aromatic heterocycles. The van der Waals surface area contributed by atoms with Gasteiger partial charge in [-0.2, -0.15) is 0 Å². The van der Waals surface area contributed by atoms with Gasteiger partial charge in [-0.05, 0) is 30.3 Å². The molecule has 2 N–H and O–H groups in total. The van der Waals surface area contributed by atoms with Crippen molar-refractivity contribution in [1.82, 2.24) is 10.2 Å². The average molecular weight is 349 g/mol. The van der Waals surface area contributed by atoms with E-state index in [1.54, 1.807) is 42.5 Å². The molecule has 0 fully saturated rings. The third kappa shape index (κ3) is 3.82. The molecule has 3 aromatic rings. The van der Waals surface area contributed by atoms with Crippen LogP contribution in [0.2, 0.25) is 5.02 Å². The quantitative estimate of drug-likeness (QED) is 0.724. The number of anilines is 2. The summed E-state index contributed by atoms with van der Waals surface area (Å²) in [5.74, 6) is -0.390. The SMILES string of the molecule is O=C(Nc1cccc(Cl)c1)Nc1nnc(-c2ccccc2F)s1. The number of amides is 2. The standard InChI is InChI=1S/C15H10ClFN4OS/c16-9-4-3-5-10(8-9)18-14(22)19-15-21-20-13(23-15)11-6-1-2-7-12(11)17/h1-8H,(H2,18,19,21,22). The van der Waals surface area contributed by atoms with Crippen LogP contribution in [0.1, 0.15) is 0 Å². The zero-order chi connectivity index (χ0) is 16.2. The molecule has 5 nitrogen and oxygen atoms in total. The summed E-state index contributed by atoms with van der Waals surface area (Å²) in [6.07, 6.45) is 0. The number of urea groups is 1. The first-order chi connectivity index (χ1) is 11.1. The number of benzene rings is 2. The molecule has 2 aromatic carbocycles. The van der Waals surface area contributed by atoms with Gasteiger partial charge in [0.1, 0.15) is 5.82 Å². The van der Waals surface area contributed by atoms with Crippen molar-refractivity contribution in [2.45, 2.75) is 0 Å². The van der Waals surface area contributed by atoms with Crippen molar-refractivity contribution in [3.63, 3.8) is 0 Å². The summed E-state index contributed by atoms with van der Waals surface area (Å²) in [4.78, 5) is 11.9. The Bertz CT molecular complexity index is 855. The summed E-state index contributed by atoms with van der Waals surface area (Å²) in [5, 5.41) is 14.1. The highest BCUT2D eigenvalue weighted by atomic mass is 35.5. The van der Waals surface area contributed by atoms with Gasteiger partial charge in [-0.3, -0.25) is 5.32 Å². The van der Waals surface area contributed by atoms with Gasteiger partial charge in [0.25, 0.3) is 0 Å². The topological polar surface area (TPSA) is 66.9 Å². The first kappa shape index (κ1) is 15.4. The molecule has 0 aliphatic carbocycles. The molecule has 0 saturated heterocycles. The van der Waals surface area contributed by atoms with Crippen molar-refractivity contribution in [3.05, 3.63) is 59.4 Å². The van der Waals surface area contributed by atoms with Gasteiger partial charge >= 0.3 is 6.03 Å². The third-order valence-electron chi connectivity index (χ3n) is 2.83. The predicted octanol–water partition coefficient (Wildman–Crippen LogP) is 4.64. The van der Waals surface area contributed by atoms with Crippen LogP contribution in [0, 0.1) is 5.82 Å². The first-order valence-corrected chi connectivity index (χ1v) is 7.73. The lowest BCUT2D eigenvalue weighted by molar-refractivity contribution is 0.262. The maximum absolute atomic E-state index is 13.7. The van der Waals surface area contributed by atoms with Crippen molar-refractivity contribution in [3.8, 4) is 10.6 Å². The van der Waals surface area contributed by atoms with Crippen LogP contribution < -0.4 is 10.6 Å². The zero-order valence-electron chi connectivity index (χ0n) is 11.6. The molecule has 8 heteroatoms. The van der Waals surface area contributed by atoms with Crippen LogP contribution in [-0.2, 0) is 0 Å². The van der Waals surface area contributed by atoms with E-state index in [0.717, 1.165) is 11.3 Å². The van der Waals surface area contributed by atoms with Gasteiger partial charge in [0, 0.05) is 16.3 Å². The van der Waals surface area contributed by atoms with Gasteiger partial charge in [-0.1, -0.05) is 41.1 Å². The molecule has 0 aliphatic heterocycles. The van der Waals surface area contributed by atoms with Gasteiger partial charge in [0.05, 0.1) is 0 Å². The maximum atomic E-state index is 13.7. The lowest BCUT2D eigenvalue weighted by atomic mass is 10.2. The van der Waals surface area contributed by atoms with Crippen molar-refractivity contribution in [2.75, 3.05) is 10.6 Å². The van der Waals surface area contributed by atoms with Gasteiger partial charge in [0.2, 0.25) is 5.13 Å². The Balaban J connectivity index is 1.69. The fraction of sp³-hybridized carbons (Fsp3) is 0. The minimum Gasteiger partial charge on any atom is -0.308 e. The normalized spacial score (nSPS) is 10.3. The van der Waals surface area contributed by atoms with Crippen LogP contribution in [0.3, 0.4) is 0 Å². The van der Waals surface area contributed by atoms with E-state index in [1.807, 2.05) is 0 Å². The Labute approximate surface area is 140 Å². The second kappa shape index (κ2) is 6.72. The molecular weight excluding hydrogens is 339 g/mol. The van der Waals surface area contributed by atoms with E-state index in [2.05, 4.69) is 20.8 Å². The number of hydrogen-bond donors (Lipinski definition) is 2. The van der Waals surface area contributed by atoms with E-state index < -0.39 is 11.8 Å². The molecule has 0 saturated carbocycles. The van der Waals surface area contributed by atoms with Gasteiger partial charge in [0.15, 0.2) is 5.01 Å². The summed E-state index contributed by atoms with van der Waals surface area (Å²) in [7, 11) is 0. The Morgan fingerprint density at radius 3 is 2.70 bits per heavy atom. The van der Waals surface area contributed by atoms with E-state index in [-0.39, 0.29) is 5.13 Å². The molecule has 0 radical (unpaired) electrons.